The molecule has 0 bridgehead atoms. The summed E-state index contributed by atoms with van der Waals surface area (Å²) in [5, 5.41) is 2.05. The Balaban J connectivity index is 1.99. The van der Waals surface area contributed by atoms with Gasteiger partial charge in [0.1, 0.15) is 18.0 Å². The van der Waals surface area contributed by atoms with E-state index in [1.807, 2.05) is 5.32 Å². The van der Waals surface area contributed by atoms with E-state index in [1.165, 1.54) is 24.3 Å². The van der Waals surface area contributed by atoms with Crippen LogP contribution in [-0.2, 0) is 9.59 Å². The first-order valence-corrected chi connectivity index (χ1v) is 8.95. The number of rotatable bonds is 6. The number of hydrogen-bond acceptors (Lipinski definition) is 5. The third-order valence-corrected chi connectivity index (χ3v) is 4.08. The van der Waals surface area contributed by atoms with Crippen LogP contribution in [0.4, 0.5) is 14.9 Å². The Morgan fingerprint density at radius 3 is 2.60 bits per heavy atom. The van der Waals surface area contributed by atoms with E-state index in [-0.39, 0.29) is 17.9 Å². The highest BCUT2D eigenvalue weighted by molar-refractivity contribution is 6.39. The smallest absolute Gasteiger partial charge is 0.336 e. The van der Waals surface area contributed by atoms with Crippen molar-refractivity contribution in [3.63, 3.8) is 0 Å². The minimum Gasteiger partial charge on any atom is -0.490 e. The van der Waals surface area contributed by atoms with Gasteiger partial charge in [0.15, 0.2) is 11.5 Å². The van der Waals surface area contributed by atoms with Gasteiger partial charge in [0, 0.05) is 0 Å². The summed E-state index contributed by atoms with van der Waals surface area (Å²) in [6.45, 7) is 2.18. The molecule has 0 aromatic heterocycles. The molecule has 152 valence electrons. The summed E-state index contributed by atoms with van der Waals surface area (Å²) in [4.78, 5) is 37.9. The van der Waals surface area contributed by atoms with Gasteiger partial charge in [0.25, 0.3) is 11.8 Å². The predicted molar refractivity (Wildman–Crippen MR) is 107 cm³/mol. The summed E-state index contributed by atoms with van der Waals surface area (Å²) in [5.41, 5.74) is -0.156. The second-order valence-corrected chi connectivity index (χ2v) is 6.04. The van der Waals surface area contributed by atoms with Crippen LogP contribution in [0.25, 0.3) is 6.08 Å². The van der Waals surface area contributed by atoms with Crippen molar-refractivity contribution in [1.82, 2.24) is 5.32 Å². The van der Waals surface area contributed by atoms with Gasteiger partial charge in [-0.15, -0.1) is 6.42 Å². The minimum absolute atomic E-state index is 0.0428. The van der Waals surface area contributed by atoms with Crippen LogP contribution in [-0.4, -0.2) is 31.1 Å². The Bertz CT molecular complexity index is 1090. The van der Waals surface area contributed by atoms with Crippen LogP contribution < -0.4 is 19.7 Å². The molecule has 3 rings (SSSR count). The summed E-state index contributed by atoms with van der Waals surface area (Å²) in [7, 11) is 0. The van der Waals surface area contributed by atoms with Gasteiger partial charge in [-0.05, 0) is 42.8 Å². The van der Waals surface area contributed by atoms with Gasteiger partial charge >= 0.3 is 6.03 Å². The first kappa shape index (κ1) is 20.6. The van der Waals surface area contributed by atoms with Crippen molar-refractivity contribution in [3.8, 4) is 23.8 Å². The van der Waals surface area contributed by atoms with Crippen molar-refractivity contribution >= 4 is 29.6 Å². The molecule has 2 aromatic carbocycles. The fraction of sp³-hybridized carbons (Fsp3) is 0.136. The number of anilines is 1. The fourth-order valence-electron chi connectivity index (χ4n) is 2.80. The number of nitrogens with one attached hydrogen (secondary N) is 1. The van der Waals surface area contributed by atoms with Crippen molar-refractivity contribution < 1.29 is 28.2 Å². The normalized spacial score (nSPS) is 15.0. The van der Waals surface area contributed by atoms with Crippen LogP contribution in [0.15, 0.2) is 48.0 Å². The highest BCUT2D eigenvalue weighted by Crippen LogP contribution is 2.30. The summed E-state index contributed by atoms with van der Waals surface area (Å²) >= 11 is 0. The number of halogens is 1. The summed E-state index contributed by atoms with van der Waals surface area (Å²) in [6, 6.07) is 8.98. The Morgan fingerprint density at radius 2 is 1.90 bits per heavy atom. The molecule has 2 aromatic rings. The first-order valence-electron chi connectivity index (χ1n) is 8.95. The lowest BCUT2D eigenvalue weighted by Crippen LogP contribution is -2.54. The number of carbonyl (C=O) groups is 3. The maximum absolute atomic E-state index is 14.1. The molecule has 1 aliphatic rings. The second-order valence-electron chi connectivity index (χ2n) is 6.04. The van der Waals surface area contributed by atoms with E-state index < -0.39 is 23.7 Å². The quantitative estimate of drug-likeness (QED) is 0.451. The summed E-state index contributed by atoms with van der Waals surface area (Å²) < 4.78 is 25.1. The van der Waals surface area contributed by atoms with Gasteiger partial charge in [0.2, 0.25) is 0 Å². The zero-order valence-corrected chi connectivity index (χ0v) is 16.0. The molecule has 0 radical (unpaired) electrons. The highest BCUT2D eigenvalue weighted by atomic mass is 19.1. The van der Waals surface area contributed by atoms with E-state index in [0.717, 1.165) is 6.07 Å². The Morgan fingerprint density at radius 1 is 1.13 bits per heavy atom. The largest absolute Gasteiger partial charge is 0.490 e. The zero-order chi connectivity index (χ0) is 21.7. The molecule has 1 N–H and O–H groups in total. The molecule has 1 heterocycles. The number of benzene rings is 2. The molecule has 0 unspecified atom stereocenters. The molecule has 30 heavy (non-hydrogen) atoms. The molecule has 0 aliphatic carbocycles. The van der Waals surface area contributed by atoms with E-state index in [2.05, 4.69) is 5.92 Å². The van der Waals surface area contributed by atoms with E-state index in [0.29, 0.717) is 28.6 Å². The Kier molecular flexibility index (Phi) is 6.13. The number of barbiturate groups is 1. The van der Waals surface area contributed by atoms with E-state index >= 15 is 0 Å². The number of amides is 4. The molecule has 8 heteroatoms. The molecular formula is C22H17FN2O5. The molecule has 1 aliphatic heterocycles. The molecule has 7 nitrogen and oxygen atoms in total. The fourth-order valence-corrected chi connectivity index (χ4v) is 2.80. The topological polar surface area (TPSA) is 84.9 Å². The Hall–Kier alpha value is -4.12. The van der Waals surface area contributed by atoms with Gasteiger partial charge in [-0.1, -0.05) is 24.1 Å². The molecule has 1 saturated heterocycles. The predicted octanol–water partition coefficient (Wildman–Crippen LogP) is 2.90. The number of hydrogen-bond donors (Lipinski definition) is 1. The lowest BCUT2D eigenvalue weighted by Gasteiger charge is -2.26. The third kappa shape index (κ3) is 4.15. The number of terminal acetylenes is 1. The number of imide groups is 2. The lowest BCUT2D eigenvalue weighted by molar-refractivity contribution is -0.122. The third-order valence-electron chi connectivity index (χ3n) is 4.08. The molecule has 4 amide bonds. The van der Waals surface area contributed by atoms with Crippen LogP contribution in [0.2, 0.25) is 0 Å². The maximum atomic E-state index is 14.1. The van der Waals surface area contributed by atoms with E-state index in [1.54, 1.807) is 25.1 Å². The number of para-hydroxylation sites is 1. The number of nitrogens with zero attached hydrogens (tertiary/aromatic N) is 1. The standard InChI is InChI=1S/C22H17FN2O5/c1-3-11-30-18-10-9-14(13-19(18)29-4-2)12-15-20(26)24-22(28)25(21(15)27)17-8-6-5-7-16(17)23/h1,5-10,12-13H,4,11H2,2H3,(H,24,26,28)/b15-12-. The van der Waals surface area contributed by atoms with Crippen molar-refractivity contribution in [2.24, 2.45) is 0 Å². The van der Waals surface area contributed by atoms with Gasteiger partial charge in [-0.2, -0.15) is 0 Å². The van der Waals surface area contributed by atoms with Crippen LogP contribution in [0, 0.1) is 18.2 Å². The molecular weight excluding hydrogens is 391 g/mol. The number of urea groups is 1. The summed E-state index contributed by atoms with van der Waals surface area (Å²) in [6.07, 6.45) is 6.48. The molecule has 0 atom stereocenters. The second kappa shape index (κ2) is 8.92. The van der Waals surface area contributed by atoms with Gasteiger partial charge in [0.05, 0.1) is 12.3 Å². The SMILES string of the molecule is C#CCOc1ccc(/C=C2/C(=O)NC(=O)N(c3ccccc3F)C2=O)cc1OCC. The average Bonchev–Trinajstić information content (AvgIpc) is 2.72. The average molecular weight is 408 g/mol. The maximum Gasteiger partial charge on any atom is 0.336 e. The number of ether oxygens (including phenoxy) is 2. The highest BCUT2D eigenvalue weighted by Gasteiger charge is 2.37. The minimum atomic E-state index is -1.03. The monoisotopic (exact) mass is 408 g/mol. The van der Waals surface area contributed by atoms with Crippen molar-refractivity contribution in [1.29, 1.82) is 0 Å². The number of carbonyl (C=O) groups excluding carboxylic acids is 3. The van der Waals surface area contributed by atoms with Crippen LogP contribution in [0.1, 0.15) is 12.5 Å². The van der Waals surface area contributed by atoms with Crippen LogP contribution in [0.3, 0.4) is 0 Å². The Labute approximate surface area is 172 Å². The van der Waals surface area contributed by atoms with Gasteiger partial charge in [-0.3, -0.25) is 14.9 Å². The molecule has 1 fully saturated rings. The lowest BCUT2D eigenvalue weighted by atomic mass is 10.1. The van der Waals surface area contributed by atoms with Crippen molar-refractivity contribution in [2.75, 3.05) is 18.1 Å². The zero-order valence-electron chi connectivity index (χ0n) is 16.0. The van der Waals surface area contributed by atoms with Crippen LogP contribution in [0.5, 0.6) is 11.5 Å². The van der Waals surface area contributed by atoms with E-state index in [9.17, 15) is 18.8 Å². The van der Waals surface area contributed by atoms with Gasteiger partial charge < -0.3 is 9.47 Å². The van der Waals surface area contributed by atoms with Gasteiger partial charge in [-0.25, -0.2) is 14.1 Å². The van der Waals surface area contributed by atoms with Crippen LogP contribution >= 0.6 is 0 Å². The van der Waals surface area contributed by atoms with E-state index in [4.69, 9.17) is 15.9 Å². The first-order chi connectivity index (χ1) is 14.5. The van der Waals surface area contributed by atoms with Crippen molar-refractivity contribution in [3.05, 3.63) is 59.4 Å². The molecule has 0 spiro atoms. The molecule has 0 saturated carbocycles. The van der Waals surface area contributed by atoms with Crippen molar-refractivity contribution in [2.45, 2.75) is 6.92 Å². The summed E-state index contributed by atoms with van der Waals surface area (Å²) in [5.74, 6) is 0.516.